The molecule has 0 heterocycles. The van der Waals surface area contributed by atoms with Crippen molar-refractivity contribution in [3.8, 4) is 0 Å². The standard InChI is InChI=1S/C69H118O6/c1-4-7-10-13-16-18-20-22-24-26-28-30-31-32-33-34-35-36-37-39-40-42-44-46-48-50-53-56-59-62-68(71)74-65-66(64-73-67(70)61-58-55-52-15-12-9-6-3)75-69(72)63-60-57-54-51-49-47-45-43-41-38-29-27-25-23-21-19-17-14-11-8-5-2/h8,11,17,19-20,22-23,25-26,28-29,31-32,38,43,45,66H,4-7,9-10,12-16,18,21,24,27,30,33-37,39-42,44,46-65H2,1-3H3/b11-8-,19-17-,22-20-,25-23-,28-26-,32-31-,38-29-,45-43-. The number of ether oxygens (including phenoxy) is 3. The fourth-order valence-corrected chi connectivity index (χ4v) is 8.83. The fourth-order valence-electron chi connectivity index (χ4n) is 8.83. The Morgan fingerprint density at radius 3 is 0.813 bits per heavy atom. The molecule has 0 amide bonds. The summed E-state index contributed by atoms with van der Waals surface area (Å²) in [5.41, 5.74) is 0. The Bertz CT molecular complexity index is 1480. The Labute approximate surface area is 464 Å². The third-order valence-electron chi connectivity index (χ3n) is 13.6. The summed E-state index contributed by atoms with van der Waals surface area (Å²) in [6.07, 6.45) is 84.4. The SMILES string of the molecule is CC/C=C\C/C=C\C/C=C\C/C=C\C/C=C\CCCCCCCC(=O)OC(COC(=O)CCCCCCCCC)COC(=O)CCCCCCCCCCCCCCCC/C=C\C/C=C\C/C=C\CCCCCCC. The van der Waals surface area contributed by atoms with E-state index in [4.69, 9.17) is 14.2 Å². The molecule has 0 aromatic rings. The topological polar surface area (TPSA) is 78.9 Å². The van der Waals surface area contributed by atoms with Gasteiger partial charge in [-0.15, -0.1) is 0 Å². The van der Waals surface area contributed by atoms with E-state index in [1.54, 1.807) is 0 Å². The van der Waals surface area contributed by atoms with E-state index < -0.39 is 6.10 Å². The summed E-state index contributed by atoms with van der Waals surface area (Å²) in [6, 6.07) is 0. The molecular formula is C69H118O6. The molecule has 0 fully saturated rings. The van der Waals surface area contributed by atoms with Crippen molar-refractivity contribution in [1.82, 2.24) is 0 Å². The van der Waals surface area contributed by atoms with E-state index in [1.807, 2.05) is 0 Å². The van der Waals surface area contributed by atoms with Crippen LogP contribution in [-0.4, -0.2) is 37.2 Å². The van der Waals surface area contributed by atoms with Gasteiger partial charge in [0, 0.05) is 19.3 Å². The Kier molecular flexibility index (Phi) is 59.8. The van der Waals surface area contributed by atoms with Gasteiger partial charge < -0.3 is 14.2 Å². The Balaban J connectivity index is 4.14. The minimum absolute atomic E-state index is 0.0843. The van der Waals surface area contributed by atoms with Crippen molar-refractivity contribution >= 4 is 17.9 Å². The molecule has 430 valence electrons. The molecule has 1 unspecified atom stereocenters. The predicted octanol–water partition coefficient (Wildman–Crippen LogP) is 21.7. The monoisotopic (exact) mass is 1040 g/mol. The highest BCUT2D eigenvalue weighted by molar-refractivity contribution is 5.71. The molecule has 0 saturated carbocycles. The van der Waals surface area contributed by atoms with Crippen molar-refractivity contribution in [3.05, 3.63) is 97.2 Å². The van der Waals surface area contributed by atoms with Gasteiger partial charge in [0.2, 0.25) is 0 Å². The summed E-state index contributed by atoms with van der Waals surface area (Å²) in [5, 5.41) is 0. The number of carbonyl (C=O) groups is 3. The molecular weight excluding hydrogens is 925 g/mol. The molecule has 0 aromatic heterocycles. The van der Waals surface area contributed by atoms with E-state index in [-0.39, 0.29) is 31.1 Å². The third-order valence-corrected chi connectivity index (χ3v) is 13.6. The van der Waals surface area contributed by atoms with Crippen LogP contribution >= 0.6 is 0 Å². The molecule has 0 N–H and O–H groups in total. The molecule has 0 aliphatic carbocycles. The highest BCUT2D eigenvalue weighted by Crippen LogP contribution is 2.16. The predicted molar refractivity (Wildman–Crippen MR) is 325 cm³/mol. The number of rotatable bonds is 57. The van der Waals surface area contributed by atoms with Gasteiger partial charge in [0.15, 0.2) is 6.10 Å². The molecule has 75 heavy (non-hydrogen) atoms. The Morgan fingerprint density at radius 2 is 0.520 bits per heavy atom. The van der Waals surface area contributed by atoms with E-state index in [1.165, 1.54) is 141 Å². The minimum atomic E-state index is -0.786. The first-order chi connectivity index (χ1) is 37.0. The summed E-state index contributed by atoms with van der Waals surface area (Å²) in [7, 11) is 0. The number of unbranched alkanes of at least 4 members (excludes halogenated alkanes) is 30. The second-order valence-corrected chi connectivity index (χ2v) is 20.9. The zero-order valence-electron chi connectivity index (χ0n) is 49.3. The molecule has 0 aromatic carbocycles. The first-order valence-electron chi connectivity index (χ1n) is 31.7. The average molecular weight is 1040 g/mol. The van der Waals surface area contributed by atoms with E-state index in [2.05, 4.69) is 118 Å². The lowest BCUT2D eigenvalue weighted by Crippen LogP contribution is -2.30. The third kappa shape index (κ3) is 61.1. The highest BCUT2D eigenvalue weighted by atomic mass is 16.6. The number of allylic oxidation sites excluding steroid dienone is 16. The van der Waals surface area contributed by atoms with Gasteiger partial charge in [-0.05, 0) is 103 Å². The van der Waals surface area contributed by atoms with Crippen molar-refractivity contribution in [3.63, 3.8) is 0 Å². The van der Waals surface area contributed by atoms with E-state index in [9.17, 15) is 14.4 Å². The zero-order valence-corrected chi connectivity index (χ0v) is 49.3. The molecule has 0 spiro atoms. The lowest BCUT2D eigenvalue weighted by Gasteiger charge is -2.18. The van der Waals surface area contributed by atoms with E-state index >= 15 is 0 Å². The van der Waals surface area contributed by atoms with Crippen molar-refractivity contribution in [2.45, 2.75) is 309 Å². The van der Waals surface area contributed by atoms with E-state index in [0.29, 0.717) is 19.3 Å². The average Bonchev–Trinajstić information content (AvgIpc) is 3.41. The molecule has 0 aliphatic heterocycles. The normalized spacial score (nSPS) is 12.7. The van der Waals surface area contributed by atoms with Gasteiger partial charge >= 0.3 is 17.9 Å². The fraction of sp³-hybridized carbons (Fsp3) is 0.725. The molecule has 6 nitrogen and oxygen atoms in total. The van der Waals surface area contributed by atoms with Crippen LogP contribution in [0.1, 0.15) is 303 Å². The van der Waals surface area contributed by atoms with Crippen LogP contribution in [0.25, 0.3) is 0 Å². The summed E-state index contributed by atoms with van der Waals surface area (Å²) >= 11 is 0. The van der Waals surface area contributed by atoms with Gasteiger partial charge in [-0.2, -0.15) is 0 Å². The smallest absolute Gasteiger partial charge is 0.306 e. The van der Waals surface area contributed by atoms with Crippen LogP contribution in [0.2, 0.25) is 0 Å². The van der Waals surface area contributed by atoms with Crippen LogP contribution in [-0.2, 0) is 28.6 Å². The molecule has 0 saturated heterocycles. The van der Waals surface area contributed by atoms with Gasteiger partial charge in [0.25, 0.3) is 0 Å². The van der Waals surface area contributed by atoms with Gasteiger partial charge in [-0.25, -0.2) is 0 Å². The summed E-state index contributed by atoms with van der Waals surface area (Å²) in [6.45, 7) is 6.47. The Morgan fingerprint density at radius 1 is 0.280 bits per heavy atom. The number of carbonyl (C=O) groups excluding carboxylic acids is 3. The van der Waals surface area contributed by atoms with Gasteiger partial charge in [0.1, 0.15) is 13.2 Å². The number of hydrogen-bond donors (Lipinski definition) is 0. The maximum absolute atomic E-state index is 12.8. The van der Waals surface area contributed by atoms with Crippen LogP contribution in [0.5, 0.6) is 0 Å². The second-order valence-electron chi connectivity index (χ2n) is 20.9. The quantitative estimate of drug-likeness (QED) is 0.0261. The maximum atomic E-state index is 12.8. The van der Waals surface area contributed by atoms with Crippen molar-refractivity contribution in [2.75, 3.05) is 13.2 Å². The van der Waals surface area contributed by atoms with Crippen molar-refractivity contribution in [1.29, 1.82) is 0 Å². The van der Waals surface area contributed by atoms with Crippen LogP contribution in [0, 0.1) is 0 Å². The van der Waals surface area contributed by atoms with Crippen molar-refractivity contribution < 1.29 is 28.6 Å². The maximum Gasteiger partial charge on any atom is 0.306 e. The molecule has 0 rings (SSSR count). The van der Waals surface area contributed by atoms with Crippen molar-refractivity contribution in [2.24, 2.45) is 0 Å². The summed E-state index contributed by atoms with van der Waals surface area (Å²) < 4.78 is 16.8. The molecule has 0 aliphatic rings. The minimum Gasteiger partial charge on any atom is -0.462 e. The molecule has 1 atom stereocenters. The Hall–Kier alpha value is -3.67. The highest BCUT2D eigenvalue weighted by Gasteiger charge is 2.19. The molecule has 0 radical (unpaired) electrons. The van der Waals surface area contributed by atoms with Gasteiger partial charge in [0.05, 0.1) is 0 Å². The molecule has 6 heteroatoms. The number of esters is 3. The second kappa shape index (κ2) is 62.9. The molecule has 0 bridgehead atoms. The van der Waals surface area contributed by atoms with Gasteiger partial charge in [-0.3, -0.25) is 14.4 Å². The zero-order chi connectivity index (χ0) is 54.3. The number of hydrogen-bond acceptors (Lipinski definition) is 6. The van der Waals surface area contributed by atoms with Crippen LogP contribution < -0.4 is 0 Å². The summed E-state index contributed by atoms with van der Waals surface area (Å²) in [5.74, 6) is -0.904. The van der Waals surface area contributed by atoms with E-state index in [0.717, 1.165) is 122 Å². The van der Waals surface area contributed by atoms with Crippen LogP contribution in [0.15, 0.2) is 97.2 Å². The van der Waals surface area contributed by atoms with Crippen LogP contribution in [0.3, 0.4) is 0 Å². The first kappa shape index (κ1) is 71.3. The summed E-state index contributed by atoms with van der Waals surface area (Å²) in [4.78, 5) is 38.1. The lowest BCUT2D eigenvalue weighted by atomic mass is 10.0. The first-order valence-corrected chi connectivity index (χ1v) is 31.7. The lowest BCUT2D eigenvalue weighted by molar-refractivity contribution is -0.167. The van der Waals surface area contributed by atoms with Crippen LogP contribution in [0.4, 0.5) is 0 Å². The van der Waals surface area contributed by atoms with Gasteiger partial charge in [-0.1, -0.05) is 279 Å². The largest absolute Gasteiger partial charge is 0.462 e.